The number of aryl methyl sites for hydroxylation is 1. The van der Waals surface area contributed by atoms with Gasteiger partial charge in [-0.2, -0.15) is 0 Å². The molecule has 0 fully saturated rings. The van der Waals surface area contributed by atoms with Crippen molar-refractivity contribution in [1.82, 2.24) is 0 Å². The minimum Gasteiger partial charge on any atom is -0.548 e. The molecule has 0 aliphatic rings. The predicted octanol–water partition coefficient (Wildman–Crippen LogP) is 1.84. The second-order valence-corrected chi connectivity index (χ2v) is 6.44. The maximum absolute atomic E-state index is 11.3. The van der Waals surface area contributed by atoms with Gasteiger partial charge in [-0.05, 0) is 31.0 Å². The largest absolute Gasteiger partial charge is 0.548 e. The van der Waals surface area contributed by atoms with Crippen molar-refractivity contribution in [2.45, 2.75) is 19.8 Å². The summed E-state index contributed by atoms with van der Waals surface area (Å²) in [5.74, 6) is 0.367. The van der Waals surface area contributed by atoms with Crippen molar-refractivity contribution in [3.63, 3.8) is 0 Å². The van der Waals surface area contributed by atoms with Crippen LogP contribution in [0.25, 0.3) is 0 Å². The Labute approximate surface area is 127 Å². The van der Waals surface area contributed by atoms with Crippen LogP contribution < -0.4 is 13.9 Å². The van der Waals surface area contributed by atoms with E-state index in [2.05, 4.69) is 6.58 Å². The third-order valence-corrected chi connectivity index (χ3v) is 4.75. The van der Waals surface area contributed by atoms with Crippen molar-refractivity contribution in [2.24, 2.45) is 0 Å². The van der Waals surface area contributed by atoms with Crippen LogP contribution in [0.5, 0.6) is 11.1 Å². The van der Waals surface area contributed by atoms with Gasteiger partial charge in [-0.3, -0.25) is 0 Å². The molecular weight excluding hydrogens is 288 g/mol. The van der Waals surface area contributed by atoms with Crippen molar-refractivity contribution < 1.29 is 23.4 Å². The van der Waals surface area contributed by atoms with Gasteiger partial charge in [-0.1, -0.05) is 12.6 Å². The molecule has 0 saturated heterocycles. The minimum absolute atomic E-state index is 0.352. The van der Waals surface area contributed by atoms with Crippen molar-refractivity contribution in [1.29, 1.82) is 0 Å². The van der Waals surface area contributed by atoms with Gasteiger partial charge >= 0.3 is 14.6 Å². The maximum atomic E-state index is 11.3. The average Bonchev–Trinajstić information content (AvgIpc) is 2.49. The van der Waals surface area contributed by atoms with Gasteiger partial charge in [0.25, 0.3) is 0 Å². The SMILES string of the molecule is C=C(C)C(=O)OCCCc1cc[si](OC)c(OC)c1OC. The number of methoxy groups -OCH3 is 2. The number of carbonyl (C=O) groups is 1. The normalized spacial score (nSPS) is 9.90. The van der Waals surface area contributed by atoms with E-state index in [4.69, 9.17) is 18.6 Å². The van der Waals surface area contributed by atoms with E-state index in [1.165, 1.54) is 0 Å². The Morgan fingerprint density at radius 3 is 2.52 bits per heavy atom. The van der Waals surface area contributed by atoms with Crippen molar-refractivity contribution in [3.05, 3.63) is 29.5 Å². The molecule has 0 spiro atoms. The number of ether oxygens (including phenoxy) is 3. The molecule has 0 atom stereocenters. The Kier molecular flexibility index (Phi) is 6.94. The Morgan fingerprint density at radius 2 is 2.00 bits per heavy atom. The fourth-order valence-electron chi connectivity index (χ4n) is 1.91. The number of hydrogen-bond donors (Lipinski definition) is 0. The van der Waals surface area contributed by atoms with Gasteiger partial charge in [-0.15, -0.1) is 0 Å². The molecule has 1 heterocycles. The second kappa shape index (κ2) is 8.46. The monoisotopic (exact) mass is 310 g/mol. The highest BCUT2D eigenvalue weighted by Gasteiger charge is 2.16. The summed E-state index contributed by atoms with van der Waals surface area (Å²) in [7, 11) is 3.60. The van der Waals surface area contributed by atoms with Crippen LogP contribution >= 0.6 is 0 Å². The van der Waals surface area contributed by atoms with E-state index < -0.39 is 8.64 Å². The lowest BCUT2D eigenvalue weighted by molar-refractivity contribution is -0.139. The Bertz CT molecular complexity index is 513. The molecule has 0 saturated carbocycles. The molecule has 0 aliphatic carbocycles. The molecule has 5 nitrogen and oxygen atoms in total. The molecule has 1 rings (SSSR count). The highest BCUT2D eigenvalue weighted by molar-refractivity contribution is 6.50. The van der Waals surface area contributed by atoms with E-state index in [-0.39, 0.29) is 5.97 Å². The lowest BCUT2D eigenvalue weighted by Gasteiger charge is -2.15. The van der Waals surface area contributed by atoms with Crippen LogP contribution in [-0.4, -0.2) is 42.5 Å². The highest BCUT2D eigenvalue weighted by Crippen LogP contribution is 2.30. The molecule has 6 heteroatoms. The van der Waals surface area contributed by atoms with Crippen LogP contribution in [0, 0.1) is 0 Å². The molecule has 1 aromatic heterocycles. The molecule has 21 heavy (non-hydrogen) atoms. The van der Waals surface area contributed by atoms with Crippen LogP contribution in [0.3, 0.4) is 0 Å². The predicted molar refractivity (Wildman–Crippen MR) is 82.1 cm³/mol. The zero-order chi connectivity index (χ0) is 15.8. The van der Waals surface area contributed by atoms with E-state index in [0.717, 1.165) is 23.1 Å². The molecule has 0 bridgehead atoms. The van der Waals surface area contributed by atoms with Gasteiger partial charge in [-0.25, -0.2) is 4.79 Å². The summed E-state index contributed by atoms with van der Waals surface area (Å²) in [6.07, 6.45) is 1.44. The first-order chi connectivity index (χ1) is 10.0. The number of hydrogen-bond acceptors (Lipinski definition) is 5. The maximum Gasteiger partial charge on any atom is 0.333 e. The first kappa shape index (κ1) is 17.2. The molecule has 0 radical (unpaired) electrons. The molecule has 0 unspecified atom stereocenters. The molecular formula is C15H22O5Si. The van der Waals surface area contributed by atoms with E-state index in [9.17, 15) is 4.79 Å². The van der Waals surface area contributed by atoms with Gasteiger partial charge < -0.3 is 18.6 Å². The number of rotatable bonds is 8. The molecule has 1 aromatic rings. The van der Waals surface area contributed by atoms with Crippen molar-refractivity contribution in [2.75, 3.05) is 27.9 Å². The Hall–Kier alpha value is -1.82. The third kappa shape index (κ3) is 4.59. The standard InChI is InChI=1S/C15H22O5Si/c1-11(2)14(16)20-9-6-7-12-8-10-21(19-5)15(18-4)13(12)17-3/h8,10H,1,6-7,9H2,2-5H3. The summed E-state index contributed by atoms with van der Waals surface area (Å²) in [6, 6.07) is 2.00. The summed E-state index contributed by atoms with van der Waals surface area (Å²) in [5.41, 5.74) is 3.44. The Morgan fingerprint density at radius 1 is 1.29 bits per heavy atom. The first-order valence-corrected chi connectivity index (χ1v) is 8.14. The van der Waals surface area contributed by atoms with E-state index in [0.29, 0.717) is 18.6 Å². The summed E-state index contributed by atoms with van der Waals surface area (Å²) in [5, 5.41) is 0.751. The molecule has 0 N–H and O–H groups in total. The van der Waals surface area contributed by atoms with E-state index in [1.807, 2.05) is 11.7 Å². The van der Waals surface area contributed by atoms with Crippen molar-refractivity contribution >= 4 is 14.6 Å². The molecule has 116 valence electrons. The number of carbonyl (C=O) groups excluding carboxylic acids is 1. The quantitative estimate of drug-likeness (QED) is 0.317. The highest BCUT2D eigenvalue weighted by atomic mass is 28.3. The van der Waals surface area contributed by atoms with E-state index >= 15 is 0 Å². The topological polar surface area (TPSA) is 54.0 Å². The lowest BCUT2D eigenvalue weighted by Crippen LogP contribution is -2.13. The third-order valence-electron chi connectivity index (χ3n) is 2.96. The zero-order valence-corrected chi connectivity index (χ0v) is 14.0. The minimum atomic E-state index is -1.29. The van der Waals surface area contributed by atoms with Gasteiger partial charge in [0, 0.05) is 5.57 Å². The first-order valence-electron chi connectivity index (χ1n) is 6.65. The van der Waals surface area contributed by atoms with Crippen LogP contribution in [0.2, 0.25) is 0 Å². The number of esters is 1. The summed E-state index contributed by atoms with van der Waals surface area (Å²) >= 11 is 0. The van der Waals surface area contributed by atoms with Crippen LogP contribution in [0.4, 0.5) is 0 Å². The van der Waals surface area contributed by atoms with Gasteiger partial charge in [0.05, 0.1) is 27.9 Å². The fourth-order valence-corrected chi connectivity index (χ4v) is 3.42. The summed E-state index contributed by atoms with van der Waals surface area (Å²) in [6.45, 7) is 5.52. The smallest absolute Gasteiger partial charge is 0.333 e. The fraction of sp³-hybridized carbons (Fsp3) is 0.467. The summed E-state index contributed by atoms with van der Waals surface area (Å²) < 4.78 is 21.4. The molecule has 0 aliphatic heterocycles. The van der Waals surface area contributed by atoms with Crippen LogP contribution in [0.15, 0.2) is 23.9 Å². The van der Waals surface area contributed by atoms with Gasteiger partial charge in [0.2, 0.25) is 0 Å². The van der Waals surface area contributed by atoms with Crippen molar-refractivity contribution in [3.8, 4) is 11.1 Å². The van der Waals surface area contributed by atoms with Crippen LogP contribution in [0.1, 0.15) is 18.9 Å². The average molecular weight is 310 g/mol. The van der Waals surface area contributed by atoms with Crippen LogP contribution in [-0.2, 0) is 16.0 Å². The van der Waals surface area contributed by atoms with Gasteiger partial charge in [0.15, 0.2) is 11.1 Å². The Balaban J connectivity index is 2.71. The van der Waals surface area contributed by atoms with Gasteiger partial charge in [0.1, 0.15) is 0 Å². The second-order valence-electron chi connectivity index (χ2n) is 4.51. The lowest BCUT2D eigenvalue weighted by atomic mass is 10.1. The van der Waals surface area contributed by atoms with E-state index in [1.54, 1.807) is 28.3 Å². The molecule has 0 amide bonds. The zero-order valence-electron chi connectivity index (χ0n) is 13.0. The summed E-state index contributed by atoms with van der Waals surface area (Å²) in [4.78, 5) is 11.3. The molecule has 0 aromatic carbocycles.